The SMILES string of the molecule is COc1c(F)cc(C(C)F)cc1C1CCCNC1. The van der Waals surface area contributed by atoms with Gasteiger partial charge in [-0.2, -0.15) is 0 Å². The summed E-state index contributed by atoms with van der Waals surface area (Å²) in [6, 6.07) is 2.97. The van der Waals surface area contributed by atoms with Crippen LogP contribution in [-0.2, 0) is 0 Å². The third kappa shape index (κ3) is 2.64. The molecule has 18 heavy (non-hydrogen) atoms. The first kappa shape index (κ1) is 13.3. The van der Waals surface area contributed by atoms with Crippen LogP contribution in [0.3, 0.4) is 0 Å². The first-order valence-corrected chi connectivity index (χ1v) is 6.35. The average molecular weight is 255 g/mol. The number of methoxy groups -OCH3 is 1. The van der Waals surface area contributed by atoms with Crippen LogP contribution in [0.5, 0.6) is 5.75 Å². The number of piperidine rings is 1. The van der Waals surface area contributed by atoms with E-state index in [-0.39, 0.29) is 11.7 Å². The molecule has 0 bridgehead atoms. The van der Waals surface area contributed by atoms with Gasteiger partial charge in [-0.05, 0) is 44.0 Å². The summed E-state index contributed by atoms with van der Waals surface area (Å²) in [6.45, 7) is 3.20. The van der Waals surface area contributed by atoms with E-state index in [1.165, 1.54) is 20.1 Å². The fourth-order valence-electron chi connectivity index (χ4n) is 2.50. The second-order valence-electron chi connectivity index (χ2n) is 4.78. The molecular weight excluding hydrogens is 236 g/mol. The van der Waals surface area contributed by atoms with Gasteiger partial charge in [-0.25, -0.2) is 8.78 Å². The lowest BCUT2D eigenvalue weighted by atomic mass is 9.89. The van der Waals surface area contributed by atoms with Gasteiger partial charge in [0.15, 0.2) is 11.6 Å². The fraction of sp³-hybridized carbons (Fsp3) is 0.571. The fourth-order valence-corrected chi connectivity index (χ4v) is 2.50. The summed E-state index contributed by atoms with van der Waals surface area (Å²) in [5.74, 6) is -0.0185. The van der Waals surface area contributed by atoms with Crippen LogP contribution in [0.2, 0.25) is 0 Å². The van der Waals surface area contributed by atoms with Crippen LogP contribution in [-0.4, -0.2) is 20.2 Å². The number of nitrogens with one attached hydrogen (secondary N) is 1. The van der Waals surface area contributed by atoms with E-state index in [1.54, 1.807) is 6.07 Å². The minimum atomic E-state index is -1.17. The second kappa shape index (κ2) is 5.65. The molecule has 0 radical (unpaired) electrons. The molecule has 2 rings (SSSR count). The molecule has 1 heterocycles. The maximum Gasteiger partial charge on any atom is 0.165 e. The average Bonchev–Trinajstić information content (AvgIpc) is 2.38. The first-order valence-electron chi connectivity index (χ1n) is 6.35. The van der Waals surface area contributed by atoms with Crippen molar-refractivity contribution in [1.29, 1.82) is 0 Å². The van der Waals surface area contributed by atoms with Crippen LogP contribution in [0.15, 0.2) is 12.1 Å². The Morgan fingerprint density at radius 2 is 2.22 bits per heavy atom. The van der Waals surface area contributed by atoms with Crippen LogP contribution in [0.25, 0.3) is 0 Å². The van der Waals surface area contributed by atoms with E-state index in [0.29, 0.717) is 5.56 Å². The van der Waals surface area contributed by atoms with E-state index in [0.717, 1.165) is 31.5 Å². The molecule has 1 aromatic rings. The number of hydrogen-bond donors (Lipinski definition) is 1. The maximum absolute atomic E-state index is 13.9. The standard InChI is InChI=1S/C14H19F2NO/c1-9(15)11-6-12(10-4-3-5-17-8-10)14(18-2)13(16)7-11/h6-7,9-10,17H,3-5,8H2,1-2H3. The van der Waals surface area contributed by atoms with Crippen molar-refractivity contribution in [3.8, 4) is 5.75 Å². The Labute approximate surface area is 106 Å². The summed E-state index contributed by atoms with van der Waals surface area (Å²) in [5, 5.41) is 3.28. The summed E-state index contributed by atoms with van der Waals surface area (Å²) >= 11 is 0. The molecule has 1 N–H and O–H groups in total. The van der Waals surface area contributed by atoms with E-state index in [9.17, 15) is 8.78 Å². The Bertz CT molecular complexity index is 415. The predicted molar refractivity (Wildman–Crippen MR) is 67.3 cm³/mol. The lowest BCUT2D eigenvalue weighted by Gasteiger charge is -2.25. The van der Waals surface area contributed by atoms with Crippen molar-refractivity contribution >= 4 is 0 Å². The van der Waals surface area contributed by atoms with Gasteiger partial charge in [0, 0.05) is 18.0 Å². The lowest BCUT2D eigenvalue weighted by Crippen LogP contribution is -2.28. The quantitative estimate of drug-likeness (QED) is 0.894. The zero-order chi connectivity index (χ0) is 13.1. The van der Waals surface area contributed by atoms with Crippen LogP contribution in [0.1, 0.15) is 43.0 Å². The van der Waals surface area contributed by atoms with Gasteiger partial charge in [0.2, 0.25) is 0 Å². The smallest absolute Gasteiger partial charge is 0.165 e. The highest BCUT2D eigenvalue weighted by molar-refractivity contribution is 5.42. The van der Waals surface area contributed by atoms with Gasteiger partial charge >= 0.3 is 0 Å². The number of benzene rings is 1. The van der Waals surface area contributed by atoms with Gasteiger partial charge in [0.1, 0.15) is 6.17 Å². The summed E-state index contributed by atoms with van der Waals surface area (Å²) in [6.07, 6.45) is 0.860. The van der Waals surface area contributed by atoms with E-state index in [2.05, 4.69) is 5.32 Å². The molecule has 2 atom stereocenters. The highest BCUT2D eigenvalue weighted by Gasteiger charge is 2.23. The maximum atomic E-state index is 13.9. The number of alkyl halides is 1. The molecule has 100 valence electrons. The Balaban J connectivity index is 2.41. The van der Waals surface area contributed by atoms with Gasteiger partial charge in [-0.1, -0.05) is 0 Å². The molecule has 0 saturated carbocycles. The second-order valence-corrected chi connectivity index (χ2v) is 4.78. The molecule has 0 aromatic heterocycles. The third-order valence-electron chi connectivity index (χ3n) is 3.49. The summed E-state index contributed by atoms with van der Waals surface area (Å²) in [4.78, 5) is 0. The molecule has 2 unspecified atom stereocenters. The van der Waals surface area contributed by atoms with Gasteiger partial charge < -0.3 is 10.1 Å². The molecule has 1 saturated heterocycles. The number of halogens is 2. The highest BCUT2D eigenvalue weighted by Crippen LogP contribution is 2.36. The molecule has 0 aliphatic carbocycles. The van der Waals surface area contributed by atoms with E-state index < -0.39 is 12.0 Å². The number of hydrogen-bond acceptors (Lipinski definition) is 2. The Morgan fingerprint density at radius 1 is 1.44 bits per heavy atom. The van der Waals surface area contributed by atoms with Gasteiger partial charge in [0.25, 0.3) is 0 Å². The van der Waals surface area contributed by atoms with Crippen molar-refractivity contribution in [1.82, 2.24) is 5.32 Å². The number of rotatable bonds is 3. The normalized spacial score (nSPS) is 21.7. The first-order chi connectivity index (χ1) is 8.63. The van der Waals surface area contributed by atoms with Crippen LogP contribution < -0.4 is 10.1 Å². The van der Waals surface area contributed by atoms with Crippen LogP contribution in [0.4, 0.5) is 8.78 Å². The summed E-state index contributed by atoms with van der Waals surface area (Å²) < 4.78 is 32.4. The third-order valence-corrected chi connectivity index (χ3v) is 3.49. The zero-order valence-corrected chi connectivity index (χ0v) is 10.8. The summed E-state index contributed by atoms with van der Waals surface area (Å²) in [7, 11) is 1.46. The molecule has 1 aromatic carbocycles. The van der Waals surface area contributed by atoms with Crippen molar-refractivity contribution in [2.24, 2.45) is 0 Å². The molecule has 4 heteroatoms. The molecule has 2 nitrogen and oxygen atoms in total. The minimum absolute atomic E-state index is 0.196. The molecule has 1 fully saturated rings. The van der Waals surface area contributed by atoms with E-state index in [4.69, 9.17) is 4.74 Å². The molecule has 1 aliphatic rings. The minimum Gasteiger partial charge on any atom is -0.493 e. The van der Waals surface area contributed by atoms with Gasteiger partial charge in [-0.15, -0.1) is 0 Å². The largest absolute Gasteiger partial charge is 0.493 e. The number of ether oxygens (including phenoxy) is 1. The van der Waals surface area contributed by atoms with Crippen molar-refractivity contribution in [3.05, 3.63) is 29.1 Å². The Hall–Kier alpha value is -1.16. The van der Waals surface area contributed by atoms with Crippen LogP contribution >= 0.6 is 0 Å². The van der Waals surface area contributed by atoms with Crippen molar-refractivity contribution in [2.75, 3.05) is 20.2 Å². The topological polar surface area (TPSA) is 21.3 Å². The van der Waals surface area contributed by atoms with Crippen molar-refractivity contribution < 1.29 is 13.5 Å². The van der Waals surface area contributed by atoms with Gasteiger partial charge in [-0.3, -0.25) is 0 Å². The lowest BCUT2D eigenvalue weighted by molar-refractivity contribution is 0.355. The van der Waals surface area contributed by atoms with Crippen molar-refractivity contribution in [3.63, 3.8) is 0 Å². The zero-order valence-electron chi connectivity index (χ0n) is 10.8. The summed E-state index contributed by atoms with van der Waals surface area (Å²) in [5.41, 5.74) is 1.16. The molecule has 1 aliphatic heterocycles. The molecular formula is C14H19F2NO. The van der Waals surface area contributed by atoms with Crippen LogP contribution in [0, 0.1) is 5.82 Å². The highest BCUT2D eigenvalue weighted by atomic mass is 19.1. The Kier molecular flexibility index (Phi) is 4.17. The van der Waals surface area contributed by atoms with E-state index in [1.807, 2.05) is 0 Å². The van der Waals surface area contributed by atoms with Gasteiger partial charge in [0.05, 0.1) is 7.11 Å². The molecule has 0 amide bonds. The Morgan fingerprint density at radius 3 is 2.78 bits per heavy atom. The molecule has 0 spiro atoms. The predicted octanol–water partition coefficient (Wildman–Crippen LogP) is 3.33. The van der Waals surface area contributed by atoms with Crippen molar-refractivity contribution in [2.45, 2.75) is 31.9 Å². The monoisotopic (exact) mass is 255 g/mol. The van der Waals surface area contributed by atoms with E-state index >= 15 is 0 Å².